The van der Waals surface area contributed by atoms with E-state index in [4.69, 9.17) is 0 Å². The zero-order valence-electron chi connectivity index (χ0n) is 14.4. The van der Waals surface area contributed by atoms with E-state index in [1.807, 2.05) is 30.3 Å². The minimum atomic E-state index is -3.71. The summed E-state index contributed by atoms with van der Waals surface area (Å²) in [5.41, 5.74) is 1.98. The summed E-state index contributed by atoms with van der Waals surface area (Å²) in [4.78, 5) is 16.3. The van der Waals surface area contributed by atoms with Crippen LogP contribution in [0.25, 0.3) is 6.08 Å². The number of anilines is 2. The van der Waals surface area contributed by atoms with Gasteiger partial charge in [-0.3, -0.25) is 9.52 Å². The Kier molecular flexibility index (Phi) is 5.68. The van der Waals surface area contributed by atoms with Crippen LogP contribution < -0.4 is 10.0 Å². The second-order valence-electron chi connectivity index (χ2n) is 5.66. The molecule has 0 unspecified atom stereocenters. The Bertz CT molecular complexity index is 1040. The quantitative estimate of drug-likeness (QED) is 0.614. The van der Waals surface area contributed by atoms with E-state index in [2.05, 4.69) is 15.0 Å². The lowest BCUT2D eigenvalue weighted by molar-refractivity contribution is -0.112. The molecule has 2 N–H and O–H groups in total. The molecular weight excluding hydrogens is 382 g/mol. The van der Waals surface area contributed by atoms with Crippen LogP contribution in [-0.2, 0) is 14.8 Å². The van der Waals surface area contributed by atoms with E-state index >= 15 is 0 Å². The van der Waals surface area contributed by atoms with Crippen molar-refractivity contribution in [3.05, 3.63) is 77.3 Å². The van der Waals surface area contributed by atoms with E-state index < -0.39 is 10.0 Å². The van der Waals surface area contributed by atoms with Crippen molar-refractivity contribution in [3.8, 4) is 0 Å². The third kappa shape index (κ3) is 5.02. The number of aromatic nitrogens is 1. The van der Waals surface area contributed by atoms with Gasteiger partial charge in [0.1, 0.15) is 0 Å². The number of benzene rings is 2. The SMILES string of the molecule is C/C(=C/c1ccccc1)C(=O)Nc1ccc(S(=O)(=O)Nc2nccs2)cc1. The fourth-order valence-electron chi connectivity index (χ4n) is 2.26. The molecule has 0 aliphatic heterocycles. The molecule has 0 aliphatic carbocycles. The molecule has 3 aromatic rings. The maximum atomic E-state index is 12.3. The fourth-order valence-corrected chi connectivity index (χ4v) is 4.05. The Balaban J connectivity index is 1.68. The Labute approximate surface area is 161 Å². The first kappa shape index (κ1) is 18.8. The highest BCUT2D eigenvalue weighted by molar-refractivity contribution is 7.93. The summed E-state index contributed by atoms with van der Waals surface area (Å²) in [7, 11) is -3.71. The lowest BCUT2D eigenvalue weighted by Crippen LogP contribution is -2.14. The van der Waals surface area contributed by atoms with Gasteiger partial charge in [0.2, 0.25) is 0 Å². The number of rotatable bonds is 6. The van der Waals surface area contributed by atoms with Crippen molar-refractivity contribution in [2.24, 2.45) is 0 Å². The number of carbonyl (C=O) groups is 1. The van der Waals surface area contributed by atoms with Crippen molar-refractivity contribution >= 4 is 44.2 Å². The Hall–Kier alpha value is -2.97. The molecule has 0 saturated heterocycles. The van der Waals surface area contributed by atoms with E-state index in [0.717, 1.165) is 5.56 Å². The van der Waals surface area contributed by atoms with Crippen molar-refractivity contribution in [1.29, 1.82) is 0 Å². The number of carbonyl (C=O) groups excluding carboxylic acids is 1. The minimum absolute atomic E-state index is 0.0900. The zero-order chi connectivity index (χ0) is 19.3. The van der Waals surface area contributed by atoms with E-state index in [1.165, 1.54) is 29.7 Å². The maximum Gasteiger partial charge on any atom is 0.263 e. The van der Waals surface area contributed by atoms with E-state index in [1.54, 1.807) is 30.5 Å². The average molecular weight is 399 g/mol. The van der Waals surface area contributed by atoms with Gasteiger partial charge in [-0.25, -0.2) is 13.4 Å². The van der Waals surface area contributed by atoms with Crippen LogP contribution in [0.2, 0.25) is 0 Å². The molecule has 0 atom stereocenters. The summed E-state index contributed by atoms with van der Waals surface area (Å²) in [5, 5.41) is 4.74. The molecule has 0 saturated carbocycles. The molecule has 0 fully saturated rings. The van der Waals surface area contributed by atoms with Gasteiger partial charge in [0.15, 0.2) is 5.13 Å². The van der Waals surface area contributed by atoms with Crippen LogP contribution in [0.5, 0.6) is 0 Å². The molecule has 138 valence electrons. The van der Waals surface area contributed by atoms with Crippen LogP contribution in [-0.4, -0.2) is 19.3 Å². The lowest BCUT2D eigenvalue weighted by atomic mass is 10.1. The van der Waals surface area contributed by atoms with Crippen molar-refractivity contribution in [3.63, 3.8) is 0 Å². The van der Waals surface area contributed by atoms with Gasteiger partial charge in [0.05, 0.1) is 4.90 Å². The van der Waals surface area contributed by atoms with Gasteiger partial charge in [0, 0.05) is 22.8 Å². The van der Waals surface area contributed by atoms with Crippen LogP contribution >= 0.6 is 11.3 Å². The number of hydrogen-bond donors (Lipinski definition) is 2. The van der Waals surface area contributed by atoms with Gasteiger partial charge >= 0.3 is 0 Å². The minimum Gasteiger partial charge on any atom is -0.322 e. The van der Waals surface area contributed by atoms with E-state index in [0.29, 0.717) is 16.4 Å². The largest absolute Gasteiger partial charge is 0.322 e. The summed E-state index contributed by atoms with van der Waals surface area (Å²) >= 11 is 1.20. The highest BCUT2D eigenvalue weighted by atomic mass is 32.2. The lowest BCUT2D eigenvalue weighted by Gasteiger charge is -2.08. The van der Waals surface area contributed by atoms with E-state index in [-0.39, 0.29) is 10.8 Å². The first-order valence-electron chi connectivity index (χ1n) is 8.01. The zero-order valence-corrected chi connectivity index (χ0v) is 16.0. The number of amides is 1. The van der Waals surface area contributed by atoms with Crippen molar-refractivity contribution < 1.29 is 13.2 Å². The third-order valence-electron chi connectivity index (χ3n) is 3.62. The summed E-state index contributed by atoms with van der Waals surface area (Å²) in [5.74, 6) is -0.254. The average Bonchev–Trinajstić information content (AvgIpc) is 3.15. The second kappa shape index (κ2) is 8.15. The highest BCUT2D eigenvalue weighted by Gasteiger charge is 2.15. The van der Waals surface area contributed by atoms with E-state index in [9.17, 15) is 13.2 Å². The van der Waals surface area contributed by atoms with Crippen molar-refractivity contribution in [2.45, 2.75) is 11.8 Å². The molecule has 0 spiro atoms. The number of nitrogens with zero attached hydrogens (tertiary/aromatic N) is 1. The molecule has 27 heavy (non-hydrogen) atoms. The van der Waals surface area contributed by atoms with Crippen LogP contribution in [0.4, 0.5) is 10.8 Å². The molecule has 6 nitrogen and oxygen atoms in total. The molecule has 1 aromatic heterocycles. The fraction of sp³-hybridized carbons (Fsp3) is 0.0526. The summed E-state index contributed by atoms with van der Waals surface area (Å²) in [6.07, 6.45) is 3.30. The second-order valence-corrected chi connectivity index (χ2v) is 8.24. The van der Waals surface area contributed by atoms with Crippen LogP contribution in [0.3, 0.4) is 0 Å². The molecule has 1 amide bonds. The molecule has 3 rings (SSSR count). The van der Waals surface area contributed by atoms with Gasteiger partial charge in [-0.1, -0.05) is 30.3 Å². The third-order valence-corrected chi connectivity index (χ3v) is 5.79. The summed E-state index contributed by atoms with van der Waals surface area (Å²) < 4.78 is 27.0. The normalized spacial score (nSPS) is 11.8. The molecule has 0 bridgehead atoms. The number of hydrogen-bond acceptors (Lipinski definition) is 5. The van der Waals surface area contributed by atoms with Crippen molar-refractivity contribution in [2.75, 3.05) is 10.0 Å². The number of nitrogens with one attached hydrogen (secondary N) is 2. The molecule has 2 aromatic carbocycles. The van der Waals surface area contributed by atoms with Crippen molar-refractivity contribution in [1.82, 2.24) is 4.98 Å². The molecular formula is C19H17N3O3S2. The predicted octanol–water partition coefficient (Wildman–Crippen LogP) is 3.99. The Morgan fingerprint density at radius 1 is 1.07 bits per heavy atom. The van der Waals surface area contributed by atoms with Gasteiger partial charge in [-0.15, -0.1) is 11.3 Å². The predicted molar refractivity (Wildman–Crippen MR) is 108 cm³/mol. The van der Waals surface area contributed by atoms with Crippen LogP contribution in [0.1, 0.15) is 12.5 Å². The van der Waals surface area contributed by atoms with Crippen LogP contribution in [0, 0.1) is 0 Å². The summed E-state index contributed by atoms with van der Waals surface area (Å²) in [6.45, 7) is 1.72. The maximum absolute atomic E-state index is 12.3. The van der Waals surface area contributed by atoms with Crippen LogP contribution in [0.15, 0.2) is 76.6 Å². The molecule has 8 heteroatoms. The number of sulfonamides is 1. The number of thiazole rings is 1. The Morgan fingerprint density at radius 2 is 1.78 bits per heavy atom. The smallest absolute Gasteiger partial charge is 0.263 e. The topological polar surface area (TPSA) is 88.2 Å². The first-order valence-corrected chi connectivity index (χ1v) is 10.4. The molecule has 0 radical (unpaired) electrons. The van der Waals surface area contributed by atoms with Gasteiger partial charge < -0.3 is 5.32 Å². The monoisotopic (exact) mass is 399 g/mol. The molecule has 1 heterocycles. The highest BCUT2D eigenvalue weighted by Crippen LogP contribution is 2.20. The summed E-state index contributed by atoms with van der Waals surface area (Å²) in [6, 6.07) is 15.5. The first-order chi connectivity index (χ1) is 12.9. The van der Waals surface area contributed by atoms with Gasteiger partial charge in [0.25, 0.3) is 15.9 Å². The van der Waals surface area contributed by atoms with Gasteiger partial charge in [-0.2, -0.15) is 0 Å². The van der Waals surface area contributed by atoms with Gasteiger partial charge in [-0.05, 0) is 42.8 Å². The Morgan fingerprint density at radius 3 is 2.41 bits per heavy atom. The molecule has 0 aliphatic rings. The standard InChI is InChI=1S/C19H17N3O3S2/c1-14(13-15-5-3-2-4-6-15)18(23)21-16-7-9-17(10-8-16)27(24,25)22-19-20-11-12-26-19/h2-13H,1H3,(H,20,22)(H,21,23)/b14-13-.